The van der Waals surface area contributed by atoms with Gasteiger partial charge in [0.05, 0.1) is 0 Å². The van der Waals surface area contributed by atoms with Gasteiger partial charge in [-0.2, -0.15) is 11.8 Å². The molecule has 0 bridgehead atoms. The van der Waals surface area contributed by atoms with Gasteiger partial charge in [-0.3, -0.25) is 0 Å². The molecule has 0 aromatic rings. The molecule has 14 heavy (non-hydrogen) atoms. The molecule has 1 saturated heterocycles. The predicted octanol–water partition coefficient (Wildman–Crippen LogP) is 1.69. The van der Waals surface area contributed by atoms with Gasteiger partial charge in [0.1, 0.15) is 0 Å². The number of hydrogen-bond donors (Lipinski definition) is 1. The van der Waals surface area contributed by atoms with Crippen molar-refractivity contribution in [3.05, 3.63) is 0 Å². The van der Waals surface area contributed by atoms with E-state index in [0.29, 0.717) is 12.5 Å². The number of nitrogens with zero attached hydrogens (tertiary/aromatic N) is 1. The summed E-state index contributed by atoms with van der Waals surface area (Å²) >= 11 is 1.86. The van der Waals surface area contributed by atoms with E-state index in [1.165, 1.54) is 32.5 Å². The van der Waals surface area contributed by atoms with E-state index in [1.807, 2.05) is 11.8 Å². The van der Waals surface area contributed by atoms with Gasteiger partial charge in [-0.1, -0.05) is 6.92 Å². The minimum absolute atomic E-state index is 0.373. The van der Waals surface area contributed by atoms with Crippen molar-refractivity contribution in [2.45, 2.75) is 19.8 Å². The maximum Gasteiger partial charge on any atom is 0.0469 e. The summed E-state index contributed by atoms with van der Waals surface area (Å²) in [5, 5.41) is 9.31. The van der Waals surface area contributed by atoms with Gasteiger partial charge in [-0.05, 0) is 56.3 Å². The molecular formula is C11H23NOS. The third-order valence-corrected chi connectivity index (χ3v) is 4.12. The zero-order chi connectivity index (χ0) is 10.4. The topological polar surface area (TPSA) is 23.5 Å². The lowest BCUT2D eigenvalue weighted by Crippen LogP contribution is -2.37. The summed E-state index contributed by atoms with van der Waals surface area (Å²) in [6, 6.07) is 0. The van der Waals surface area contributed by atoms with E-state index in [0.717, 1.165) is 11.7 Å². The van der Waals surface area contributed by atoms with Crippen molar-refractivity contribution in [3.8, 4) is 0 Å². The fourth-order valence-electron chi connectivity index (χ4n) is 2.29. The first-order valence-corrected chi connectivity index (χ1v) is 7.03. The maximum absolute atomic E-state index is 9.31. The molecule has 1 rings (SSSR count). The van der Waals surface area contributed by atoms with Crippen LogP contribution in [0.1, 0.15) is 19.8 Å². The Morgan fingerprint density at radius 2 is 2.07 bits per heavy atom. The van der Waals surface area contributed by atoms with E-state index in [1.54, 1.807) is 0 Å². The molecule has 3 heteroatoms. The summed E-state index contributed by atoms with van der Waals surface area (Å²) < 4.78 is 0. The second kappa shape index (κ2) is 6.70. The van der Waals surface area contributed by atoms with Crippen molar-refractivity contribution in [2.75, 3.05) is 38.2 Å². The van der Waals surface area contributed by atoms with Crippen LogP contribution in [0.15, 0.2) is 0 Å². The quantitative estimate of drug-likeness (QED) is 0.758. The zero-order valence-electron chi connectivity index (χ0n) is 9.41. The van der Waals surface area contributed by atoms with E-state index in [9.17, 15) is 5.11 Å². The normalized spacial score (nSPS) is 22.5. The van der Waals surface area contributed by atoms with Crippen molar-refractivity contribution < 1.29 is 5.11 Å². The molecule has 0 radical (unpaired) electrons. The van der Waals surface area contributed by atoms with E-state index in [-0.39, 0.29) is 0 Å². The van der Waals surface area contributed by atoms with E-state index in [4.69, 9.17) is 0 Å². The highest BCUT2D eigenvalue weighted by Crippen LogP contribution is 2.26. The molecule has 0 spiro atoms. The van der Waals surface area contributed by atoms with Gasteiger partial charge in [-0.25, -0.2) is 0 Å². The minimum atomic E-state index is 0.373. The molecule has 1 aliphatic heterocycles. The Balaban J connectivity index is 2.31. The molecule has 0 aromatic carbocycles. The second-order valence-electron chi connectivity index (χ2n) is 4.17. The summed E-state index contributed by atoms with van der Waals surface area (Å²) in [6.07, 6.45) is 4.68. The first-order valence-electron chi connectivity index (χ1n) is 5.64. The lowest BCUT2D eigenvalue weighted by atomic mass is 9.86. The lowest BCUT2D eigenvalue weighted by molar-refractivity contribution is 0.121. The average molecular weight is 217 g/mol. The maximum atomic E-state index is 9.31. The minimum Gasteiger partial charge on any atom is -0.396 e. The molecular weight excluding hydrogens is 194 g/mol. The molecule has 1 unspecified atom stereocenters. The Morgan fingerprint density at radius 1 is 1.43 bits per heavy atom. The third-order valence-electron chi connectivity index (χ3n) is 3.36. The molecule has 0 aromatic heterocycles. The highest BCUT2D eigenvalue weighted by Gasteiger charge is 2.24. The Kier molecular flexibility index (Phi) is 5.90. The molecule has 1 atom stereocenters. The van der Waals surface area contributed by atoms with E-state index >= 15 is 0 Å². The monoisotopic (exact) mass is 217 g/mol. The summed E-state index contributed by atoms with van der Waals surface area (Å²) in [7, 11) is 0. The third kappa shape index (κ3) is 3.44. The van der Waals surface area contributed by atoms with Gasteiger partial charge in [0.15, 0.2) is 0 Å². The Hall–Kier alpha value is 0.270. The van der Waals surface area contributed by atoms with Gasteiger partial charge in [0.2, 0.25) is 0 Å². The van der Waals surface area contributed by atoms with Crippen molar-refractivity contribution >= 4 is 11.8 Å². The SMILES string of the molecule is CCN1CCC(C(CO)CSC)CC1. The number of aliphatic hydroxyl groups excluding tert-OH is 1. The van der Waals surface area contributed by atoms with Crippen LogP contribution in [-0.4, -0.2) is 48.3 Å². The van der Waals surface area contributed by atoms with Crippen LogP contribution in [0, 0.1) is 11.8 Å². The molecule has 2 nitrogen and oxygen atoms in total. The summed E-state index contributed by atoms with van der Waals surface area (Å²) in [5.74, 6) is 2.41. The average Bonchev–Trinajstić information content (AvgIpc) is 2.26. The first kappa shape index (κ1) is 12.3. The van der Waals surface area contributed by atoms with Crippen LogP contribution in [0.2, 0.25) is 0 Å². The van der Waals surface area contributed by atoms with Crippen LogP contribution in [0.3, 0.4) is 0 Å². The Morgan fingerprint density at radius 3 is 2.50 bits per heavy atom. The molecule has 0 amide bonds. The van der Waals surface area contributed by atoms with Gasteiger partial charge in [0, 0.05) is 6.61 Å². The van der Waals surface area contributed by atoms with E-state index < -0.39 is 0 Å². The van der Waals surface area contributed by atoms with Crippen molar-refractivity contribution in [1.29, 1.82) is 0 Å². The Labute approximate surface area is 92.1 Å². The second-order valence-corrected chi connectivity index (χ2v) is 5.08. The van der Waals surface area contributed by atoms with Crippen LogP contribution in [0.4, 0.5) is 0 Å². The molecule has 0 aliphatic carbocycles. The number of piperidine rings is 1. The number of thioether (sulfide) groups is 1. The summed E-state index contributed by atoms with van der Waals surface area (Å²) in [5.41, 5.74) is 0. The highest BCUT2D eigenvalue weighted by atomic mass is 32.2. The van der Waals surface area contributed by atoms with Gasteiger partial charge in [-0.15, -0.1) is 0 Å². The van der Waals surface area contributed by atoms with Crippen LogP contribution < -0.4 is 0 Å². The predicted molar refractivity (Wildman–Crippen MR) is 63.8 cm³/mol. The van der Waals surface area contributed by atoms with Crippen molar-refractivity contribution in [2.24, 2.45) is 11.8 Å². The first-order chi connectivity index (χ1) is 6.81. The molecule has 1 aliphatic rings. The van der Waals surface area contributed by atoms with Gasteiger partial charge < -0.3 is 10.0 Å². The zero-order valence-corrected chi connectivity index (χ0v) is 10.2. The number of hydrogen-bond acceptors (Lipinski definition) is 3. The van der Waals surface area contributed by atoms with Gasteiger partial charge in [0.25, 0.3) is 0 Å². The fraction of sp³-hybridized carbons (Fsp3) is 1.00. The van der Waals surface area contributed by atoms with Crippen LogP contribution >= 0.6 is 11.8 Å². The summed E-state index contributed by atoms with van der Waals surface area (Å²) in [4.78, 5) is 2.50. The van der Waals surface area contributed by atoms with Crippen LogP contribution in [0.25, 0.3) is 0 Å². The largest absolute Gasteiger partial charge is 0.396 e. The number of aliphatic hydroxyl groups is 1. The van der Waals surface area contributed by atoms with E-state index in [2.05, 4.69) is 18.1 Å². The number of likely N-dealkylation sites (tertiary alicyclic amines) is 1. The fourth-order valence-corrected chi connectivity index (χ4v) is 3.10. The van der Waals surface area contributed by atoms with Crippen molar-refractivity contribution in [1.82, 2.24) is 4.90 Å². The number of rotatable bonds is 5. The Bertz CT molecular complexity index is 146. The van der Waals surface area contributed by atoms with Crippen LogP contribution in [-0.2, 0) is 0 Å². The molecule has 1 fully saturated rings. The lowest BCUT2D eigenvalue weighted by Gasteiger charge is -2.34. The molecule has 1 heterocycles. The molecule has 1 N–H and O–H groups in total. The molecule has 84 valence electrons. The standard InChI is InChI=1S/C11H23NOS/c1-3-12-6-4-10(5-7-12)11(8-13)9-14-2/h10-11,13H,3-9H2,1-2H3. The highest BCUT2D eigenvalue weighted by molar-refractivity contribution is 7.98. The van der Waals surface area contributed by atoms with Crippen LogP contribution in [0.5, 0.6) is 0 Å². The van der Waals surface area contributed by atoms with Crippen molar-refractivity contribution in [3.63, 3.8) is 0 Å². The van der Waals surface area contributed by atoms with Gasteiger partial charge >= 0.3 is 0 Å². The summed E-state index contributed by atoms with van der Waals surface area (Å²) in [6.45, 7) is 6.24. The molecule has 0 saturated carbocycles. The smallest absolute Gasteiger partial charge is 0.0469 e.